The zero-order valence-corrected chi connectivity index (χ0v) is 13.0. The molecule has 1 fully saturated rings. The zero-order valence-electron chi connectivity index (χ0n) is 13.0. The maximum Gasteiger partial charge on any atom is 0.0500 e. The molecular formula is C17H29N3. The third kappa shape index (κ3) is 3.80. The summed E-state index contributed by atoms with van der Waals surface area (Å²) in [7, 11) is 2.26. The standard InChI is InChI=1S/C17H29N3/c1-3-16(18)17(14-10-12-19-13-11-14)20(2)15-8-6-4-5-7-9-15/h10-13,15-17H,3-9,18H2,1-2H3. The molecule has 0 amide bonds. The van der Waals surface area contributed by atoms with Crippen molar-refractivity contribution in [3.8, 4) is 0 Å². The van der Waals surface area contributed by atoms with Crippen molar-refractivity contribution in [1.29, 1.82) is 0 Å². The summed E-state index contributed by atoms with van der Waals surface area (Å²) < 4.78 is 0. The number of hydrogen-bond acceptors (Lipinski definition) is 3. The first-order chi connectivity index (χ1) is 9.74. The van der Waals surface area contributed by atoms with Gasteiger partial charge in [-0.05, 0) is 44.0 Å². The molecule has 0 spiro atoms. The predicted molar refractivity (Wildman–Crippen MR) is 84.5 cm³/mol. The lowest BCUT2D eigenvalue weighted by molar-refractivity contribution is 0.135. The Bertz CT molecular complexity index is 371. The van der Waals surface area contributed by atoms with Crippen LogP contribution in [0.15, 0.2) is 24.5 Å². The first-order valence-corrected chi connectivity index (χ1v) is 8.11. The number of likely N-dealkylation sites (N-methyl/N-ethyl adjacent to an activating group) is 1. The molecule has 112 valence electrons. The summed E-state index contributed by atoms with van der Waals surface area (Å²) in [5.74, 6) is 0. The second-order valence-corrected chi connectivity index (χ2v) is 6.11. The van der Waals surface area contributed by atoms with Crippen molar-refractivity contribution in [2.75, 3.05) is 7.05 Å². The Morgan fingerprint density at radius 3 is 2.35 bits per heavy atom. The fourth-order valence-electron chi connectivity index (χ4n) is 3.46. The molecule has 2 N–H and O–H groups in total. The molecule has 3 heteroatoms. The summed E-state index contributed by atoms with van der Waals surface area (Å²) in [6, 6.07) is 5.41. The minimum absolute atomic E-state index is 0.186. The maximum atomic E-state index is 6.43. The van der Waals surface area contributed by atoms with Crippen LogP contribution in [0.1, 0.15) is 63.5 Å². The van der Waals surface area contributed by atoms with Crippen LogP contribution < -0.4 is 5.73 Å². The molecule has 1 heterocycles. The van der Waals surface area contributed by atoms with E-state index in [1.807, 2.05) is 12.4 Å². The molecule has 1 aliphatic rings. The van der Waals surface area contributed by atoms with E-state index in [0.29, 0.717) is 12.1 Å². The van der Waals surface area contributed by atoms with Crippen LogP contribution >= 0.6 is 0 Å². The van der Waals surface area contributed by atoms with Crippen molar-refractivity contribution in [1.82, 2.24) is 9.88 Å². The molecule has 0 bridgehead atoms. The van der Waals surface area contributed by atoms with Crippen LogP contribution in [0, 0.1) is 0 Å². The van der Waals surface area contributed by atoms with Crippen LogP contribution in [0.5, 0.6) is 0 Å². The molecule has 1 aromatic heterocycles. The normalized spacial score (nSPS) is 20.6. The highest BCUT2D eigenvalue weighted by Crippen LogP contribution is 2.30. The van der Waals surface area contributed by atoms with Crippen molar-refractivity contribution in [3.05, 3.63) is 30.1 Å². The quantitative estimate of drug-likeness (QED) is 0.836. The van der Waals surface area contributed by atoms with E-state index >= 15 is 0 Å². The van der Waals surface area contributed by atoms with Gasteiger partial charge in [0.1, 0.15) is 0 Å². The molecule has 0 saturated heterocycles. The van der Waals surface area contributed by atoms with Crippen LogP contribution in [0.3, 0.4) is 0 Å². The Morgan fingerprint density at radius 1 is 1.20 bits per heavy atom. The Hall–Kier alpha value is -0.930. The van der Waals surface area contributed by atoms with Crippen LogP contribution in [0.4, 0.5) is 0 Å². The number of nitrogens with zero attached hydrogens (tertiary/aromatic N) is 2. The van der Waals surface area contributed by atoms with E-state index in [1.165, 1.54) is 44.1 Å². The second-order valence-electron chi connectivity index (χ2n) is 6.11. The Kier molecular flexibility index (Phi) is 5.99. The molecule has 2 atom stereocenters. The van der Waals surface area contributed by atoms with Gasteiger partial charge in [-0.2, -0.15) is 0 Å². The number of hydrogen-bond donors (Lipinski definition) is 1. The van der Waals surface area contributed by atoms with Crippen LogP contribution in [-0.2, 0) is 0 Å². The maximum absolute atomic E-state index is 6.43. The van der Waals surface area contributed by atoms with Gasteiger partial charge in [0.15, 0.2) is 0 Å². The number of rotatable bonds is 5. The van der Waals surface area contributed by atoms with Crippen LogP contribution in [0.2, 0.25) is 0 Å². The fourth-order valence-corrected chi connectivity index (χ4v) is 3.46. The number of aromatic nitrogens is 1. The van der Waals surface area contributed by atoms with Gasteiger partial charge in [0.2, 0.25) is 0 Å². The van der Waals surface area contributed by atoms with Crippen molar-refractivity contribution in [2.45, 2.75) is 70.0 Å². The highest BCUT2D eigenvalue weighted by molar-refractivity contribution is 5.17. The second kappa shape index (κ2) is 7.75. The summed E-state index contributed by atoms with van der Waals surface area (Å²) in [6.45, 7) is 2.18. The van der Waals surface area contributed by atoms with Crippen molar-refractivity contribution in [3.63, 3.8) is 0 Å². The summed E-state index contributed by atoms with van der Waals surface area (Å²) in [4.78, 5) is 6.68. The topological polar surface area (TPSA) is 42.1 Å². The summed E-state index contributed by atoms with van der Waals surface area (Å²) >= 11 is 0. The average Bonchev–Trinajstić information content (AvgIpc) is 2.77. The van der Waals surface area contributed by atoms with E-state index in [1.54, 1.807) is 0 Å². The molecule has 20 heavy (non-hydrogen) atoms. The lowest BCUT2D eigenvalue weighted by atomic mass is 9.94. The van der Waals surface area contributed by atoms with Crippen molar-refractivity contribution >= 4 is 0 Å². The average molecular weight is 275 g/mol. The molecule has 3 nitrogen and oxygen atoms in total. The van der Waals surface area contributed by atoms with Gasteiger partial charge in [-0.25, -0.2) is 0 Å². The minimum Gasteiger partial charge on any atom is -0.326 e. The lowest BCUT2D eigenvalue weighted by Crippen LogP contribution is -2.43. The van der Waals surface area contributed by atoms with Crippen molar-refractivity contribution in [2.24, 2.45) is 5.73 Å². The predicted octanol–water partition coefficient (Wildman–Crippen LogP) is 3.51. The summed E-state index contributed by atoms with van der Waals surface area (Å²) in [6.07, 6.45) is 12.9. The van der Waals surface area contributed by atoms with E-state index in [2.05, 4.69) is 36.0 Å². The van der Waals surface area contributed by atoms with E-state index < -0.39 is 0 Å². The number of nitrogens with two attached hydrogens (primary N) is 1. The summed E-state index contributed by atoms with van der Waals surface area (Å²) in [5, 5.41) is 0. The Morgan fingerprint density at radius 2 is 1.80 bits per heavy atom. The molecule has 2 unspecified atom stereocenters. The highest BCUT2D eigenvalue weighted by atomic mass is 15.2. The smallest absolute Gasteiger partial charge is 0.0500 e. The molecule has 0 radical (unpaired) electrons. The highest BCUT2D eigenvalue weighted by Gasteiger charge is 2.28. The van der Waals surface area contributed by atoms with Gasteiger partial charge in [0.25, 0.3) is 0 Å². The number of pyridine rings is 1. The largest absolute Gasteiger partial charge is 0.326 e. The van der Waals surface area contributed by atoms with E-state index in [-0.39, 0.29) is 6.04 Å². The molecular weight excluding hydrogens is 246 g/mol. The van der Waals surface area contributed by atoms with Gasteiger partial charge in [-0.1, -0.05) is 32.6 Å². The molecule has 0 aliphatic heterocycles. The minimum atomic E-state index is 0.186. The first-order valence-electron chi connectivity index (χ1n) is 8.11. The lowest BCUT2D eigenvalue weighted by Gasteiger charge is -2.38. The fraction of sp³-hybridized carbons (Fsp3) is 0.706. The van der Waals surface area contributed by atoms with Gasteiger partial charge in [-0.3, -0.25) is 9.88 Å². The first kappa shape index (κ1) is 15.5. The molecule has 1 aliphatic carbocycles. The van der Waals surface area contributed by atoms with Gasteiger partial charge in [-0.15, -0.1) is 0 Å². The van der Waals surface area contributed by atoms with E-state index in [9.17, 15) is 0 Å². The summed E-state index contributed by atoms with van der Waals surface area (Å²) in [5.41, 5.74) is 7.74. The van der Waals surface area contributed by atoms with E-state index in [4.69, 9.17) is 5.73 Å². The van der Waals surface area contributed by atoms with Gasteiger partial charge >= 0.3 is 0 Å². The van der Waals surface area contributed by atoms with E-state index in [0.717, 1.165) is 6.42 Å². The molecule has 0 aromatic carbocycles. The monoisotopic (exact) mass is 275 g/mol. The van der Waals surface area contributed by atoms with Gasteiger partial charge in [0.05, 0.1) is 0 Å². The molecule has 2 rings (SSSR count). The van der Waals surface area contributed by atoms with Crippen LogP contribution in [0.25, 0.3) is 0 Å². The van der Waals surface area contributed by atoms with Gasteiger partial charge in [0, 0.05) is 30.5 Å². The Labute approximate surface area is 123 Å². The molecule has 1 aromatic rings. The van der Waals surface area contributed by atoms with Crippen LogP contribution in [-0.4, -0.2) is 29.0 Å². The zero-order chi connectivity index (χ0) is 14.4. The van der Waals surface area contributed by atoms with Crippen molar-refractivity contribution < 1.29 is 0 Å². The SMILES string of the molecule is CCC(N)C(c1ccncc1)N(C)C1CCCCCC1. The third-order valence-corrected chi connectivity index (χ3v) is 4.76. The Balaban J connectivity index is 2.17. The van der Waals surface area contributed by atoms with Gasteiger partial charge < -0.3 is 5.73 Å². The third-order valence-electron chi connectivity index (χ3n) is 4.76. The molecule has 1 saturated carbocycles.